The first-order valence-electron chi connectivity index (χ1n) is 14.3. The van der Waals surface area contributed by atoms with E-state index in [1.165, 1.54) is 24.1 Å². The lowest BCUT2D eigenvalue weighted by Gasteiger charge is -2.34. The van der Waals surface area contributed by atoms with Crippen LogP contribution in [0.5, 0.6) is 5.75 Å². The number of nitrogens with one attached hydrogen (secondary N) is 1. The molecule has 4 rings (SSSR count). The number of benzene rings is 3. The Balaban J connectivity index is 1.72. The largest absolute Gasteiger partial charge is 0.495 e. The Hall–Kier alpha value is -3.56. The maximum atomic E-state index is 14.2. The number of amides is 2. The molecule has 0 heterocycles. The van der Waals surface area contributed by atoms with Gasteiger partial charge >= 0.3 is 0 Å². The first kappa shape index (κ1) is 31.4. The first-order chi connectivity index (χ1) is 20.2. The number of carbonyl (C=O) groups excluding carboxylic acids is 2. The summed E-state index contributed by atoms with van der Waals surface area (Å²) in [5.41, 5.74) is 0.995. The highest BCUT2D eigenvalue weighted by atomic mass is 35.5. The van der Waals surface area contributed by atoms with Gasteiger partial charge in [0.2, 0.25) is 11.8 Å². The molecule has 0 spiro atoms. The van der Waals surface area contributed by atoms with Gasteiger partial charge in [0.15, 0.2) is 0 Å². The summed E-state index contributed by atoms with van der Waals surface area (Å²) in [7, 11) is -2.73. The van der Waals surface area contributed by atoms with Crippen LogP contribution < -0.4 is 14.4 Å². The van der Waals surface area contributed by atoms with Crippen LogP contribution in [0.2, 0.25) is 5.02 Å². The third-order valence-electron chi connectivity index (χ3n) is 7.57. The number of ether oxygens (including phenoxy) is 1. The number of hydrogen-bond acceptors (Lipinski definition) is 5. The topological polar surface area (TPSA) is 96.0 Å². The molecule has 0 unspecified atom stereocenters. The van der Waals surface area contributed by atoms with Gasteiger partial charge in [-0.3, -0.25) is 13.9 Å². The van der Waals surface area contributed by atoms with Crippen molar-refractivity contribution in [1.82, 2.24) is 10.2 Å². The molecule has 224 valence electrons. The van der Waals surface area contributed by atoms with E-state index in [4.69, 9.17) is 16.3 Å². The molecule has 0 saturated heterocycles. The number of sulfonamides is 1. The van der Waals surface area contributed by atoms with Crippen LogP contribution in [-0.2, 0) is 26.2 Å². The Morgan fingerprint density at radius 2 is 1.60 bits per heavy atom. The summed E-state index contributed by atoms with van der Waals surface area (Å²) in [4.78, 5) is 29.4. The lowest BCUT2D eigenvalue weighted by Crippen LogP contribution is -2.54. The lowest BCUT2D eigenvalue weighted by atomic mass is 9.95. The molecule has 3 aromatic carbocycles. The average Bonchev–Trinajstić information content (AvgIpc) is 3.01. The molecule has 3 aromatic rings. The summed E-state index contributed by atoms with van der Waals surface area (Å²) < 4.78 is 34.5. The zero-order chi connectivity index (χ0) is 30.1. The van der Waals surface area contributed by atoms with Crippen LogP contribution in [0.1, 0.15) is 51.0 Å². The summed E-state index contributed by atoms with van der Waals surface area (Å²) in [6, 6.07) is 20.9. The summed E-state index contributed by atoms with van der Waals surface area (Å²) >= 11 is 6.10. The van der Waals surface area contributed by atoms with Crippen LogP contribution >= 0.6 is 11.6 Å². The smallest absolute Gasteiger partial charge is 0.264 e. The Labute approximate surface area is 253 Å². The molecule has 0 radical (unpaired) electrons. The van der Waals surface area contributed by atoms with Crippen LogP contribution in [0.3, 0.4) is 0 Å². The van der Waals surface area contributed by atoms with Crippen LogP contribution in [0.4, 0.5) is 5.69 Å². The van der Waals surface area contributed by atoms with E-state index in [0.717, 1.165) is 42.0 Å². The molecule has 1 atom stereocenters. The van der Waals surface area contributed by atoms with Gasteiger partial charge in [-0.15, -0.1) is 0 Å². The van der Waals surface area contributed by atoms with Gasteiger partial charge in [-0.25, -0.2) is 8.42 Å². The highest BCUT2D eigenvalue weighted by molar-refractivity contribution is 7.92. The van der Waals surface area contributed by atoms with Crippen molar-refractivity contribution in [3.8, 4) is 5.75 Å². The zero-order valence-corrected chi connectivity index (χ0v) is 25.6. The van der Waals surface area contributed by atoms with Crippen LogP contribution in [0, 0.1) is 0 Å². The SMILES string of the molecule is CC[C@H](C(=O)NC1CCCCC1)N(Cc1ccc(Cl)cc1)C(=O)CN(c1ccccc1OC)S(=O)(=O)c1ccccc1. The van der Waals surface area contributed by atoms with Gasteiger partial charge in [0, 0.05) is 17.6 Å². The molecule has 1 aliphatic rings. The van der Waals surface area contributed by atoms with Gasteiger partial charge in [-0.1, -0.05) is 80.3 Å². The van der Waals surface area contributed by atoms with E-state index in [1.54, 1.807) is 66.7 Å². The van der Waals surface area contributed by atoms with E-state index < -0.39 is 28.5 Å². The van der Waals surface area contributed by atoms with Gasteiger partial charge in [0.05, 0.1) is 17.7 Å². The number of anilines is 1. The molecule has 1 N–H and O–H groups in total. The fourth-order valence-corrected chi connectivity index (χ4v) is 6.89. The third-order valence-corrected chi connectivity index (χ3v) is 9.59. The van der Waals surface area contributed by atoms with Crippen molar-refractivity contribution in [3.63, 3.8) is 0 Å². The predicted molar refractivity (Wildman–Crippen MR) is 165 cm³/mol. The molecule has 10 heteroatoms. The summed E-state index contributed by atoms with van der Waals surface area (Å²) in [6.45, 7) is 1.43. The molecule has 2 amide bonds. The Morgan fingerprint density at radius 3 is 2.24 bits per heavy atom. The zero-order valence-electron chi connectivity index (χ0n) is 24.0. The molecule has 0 aromatic heterocycles. The van der Waals surface area contributed by atoms with Crippen LogP contribution in [0.25, 0.3) is 0 Å². The molecule has 0 aliphatic heterocycles. The van der Waals surface area contributed by atoms with E-state index in [9.17, 15) is 18.0 Å². The number of rotatable bonds is 12. The minimum atomic E-state index is -4.18. The van der Waals surface area contributed by atoms with Crippen LogP contribution in [0.15, 0.2) is 83.8 Å². The van der Waals surface area contributed by atoms with Crippen molar-refractivity contribution >= 4 is 39.1 Å². The average molecular weight is 612 g/mol. The molecule has 1 saturated carbocycles. The summed E-state index contributed by atoms with van der Waals surface area (Å²) in [5, 5.41) is 3.70. The molecule has 0 bridgehead atoms. The molecule has 1 fully saturated rings. The van der Waals surface area contributed by atoms with Gasteiger partial charge in [-0.05, 0) is 61.2 Å². The Bertz CT molecular complexity index is 1440. The monoisotopic (exact) mass is 611 g/mol. The van der Waals surface area contributed by atoms with Crippen molar-refractivity contribution in [2.45, 2.75) is 69.0 Å². The Morgan fingerprint density at radius 1 is 0.952 bits per heavy atom. The first-order valence-corrected chi connectivity index (χ1v) is 16.1. The van der Waals surface area contributed by atoms with Crippen molar-refractivity contribution in [1.29, 1.82) is 0 Å². The second kappa shape index (κ2) is 14.6. The second-order valence-corrected chi connectivity index (χ2v) is 12.7. The second-order valence-electron chi connectivity index (χ2n) is 10.4. The molecule has 8 nitrogen and oxygen atoms in total. The van der Waals surface area contributed by atoms with Gasteiger partial charge in [0.25, 0.3) is 10.0 Å². The van der Waals surface area contributed by atoms with E-state index in [-0.39, 0.29) is 29.1 Å². The summed E-state index contributed by atoms with van der Waals surface area (Å²) in [6.07, 6.45) is 5.44. The fourth-order valence-electron chi connectivity index (χ4n) is 5.32. The normalized spacial score (nSPS) is 14.5. The highest BCUT2D eigenvalue weighted by Crippen LogP contribution is 2.32. The molecular formula is C32H38ClN3O5S. The minimum absolute atomic E-state index is 0.0371. The number of carbonyl (C=O) groups is 2. The minimum Gasteiger partial charge on any atom is -0.495 e. The molecule has 1 aliphatic carbocycles. The van der Waals surface area contributed by atoms with E-state index >= 15 is 0 Å². The van der Waals surface area contributed by atoms with E-state index in [0.29, 0.717) is 17.2 Å². The number of methoxy groups -OCH3 is 1. The number of nitrogens with zero attached hydrogens (tertiary/aromatic N) is 2. The van der Waals surface area contributed by atoms with Gasteiger partial charge in [0.1, 0.15) is 18.3 Å². The fraction of sp³-hybridized carbons (Fsp3) is 0.375. The maximum absolute atomic E-state index is 14.2. The van der Waals surface area contributed by atoms with Crippen LogP contribution in [-0.4, -0.2) is 50.9 Å². The van der Waals surface area contributed by atoms with Gasteiger partial charge in [-0.2, -0.15) is 0 Å². The van der Waals surface area contributed by atoms with E-state index in [1.807, 2.05) is 6.92 Å². The molecular weight excluding hydrogens is 574 g/mol. The van der Waals surface area contributed by atoms with Crippen molar-refractivity contribution in [2.24, 2.45) is 0 Å². The summed E-state index contributed by atoms with van der Waals surface area (Å²) in [5.74, 6) is -0.446. The van der Waals surface area contributed by atoms with Gasteiger partial charge < -0.3 is 15.0 Å². The lowest BCUT2D eigenvalue weighted by molar-refractivity contribution is -0.140. The predicted octanol–water partition coefficient (Wildman–Crippen LogP) is 5.80. The quantitative estimate of drug-likeness (QED) is 0.279. The number of hydrogen-bond donors (Lipinski definition) is 1. The number of para-hydroxylation sites is 2. The molecule has 42 heavy (non-hydrogen) atoms. The number of halogens is 1. The van der Waals surface area contributed by atoms with Crippen molar-refractivity contribution < 1.29 is 22.7 Å². The van der Waals surface area contributed by atoms with Crippen molar-refractivity contribution in [3.05, 3.63) is 89.4 Å². The standard InChI is InChI=1S/C32H38ClN3O5S/c1-3-28(32(38)34-26-12-6-4-7-13-26)35(22-24-18-20-25(33)21-19-24)31(37)23-36(29-16-10-11-17-30(29)41-2)42(39,40)27-14-8-5-9-15-27/h5,8-11,14-21,26,28H,3-4,6-7,12-13,22-23H2,1-2H3,(H,34,38)/t28-/m1/s1. The van der Waals surface area contributed by atoms with E-state index in [2.05, 4.69) is 5.32 Å². The van der Waals surface area contributed by atoms with Crippen molar-refractivity contribution in [2.75, 3.05) is 18.0 Å². The third kappa shape index (κ3) is 7.63. The Kier molecular flexibility index (Phi) is 10.9. The maximum Gasteiger partial charge on any atom is 0.264 e. The highest BCUT2D eigenvalue weighted by Gasteiger charge is 2.35.